The molecule has 3 aromatic rings. The lowest BCUT2D eigenvalue weighted by atomic mass is 9.89. The Morgan fingerprint density at radius 2 is 1.91 bits per heavy atom. The summed E-state index contributed by atoms with van der Waals surface area (Å²) < 4.78 is 5.34. The standard InChI is InChI=1S/C24H25N3O3S2/c1-5-30-23(29)19-18-11-10-16-8-6-7-9-17(16)20(18)32-22(19)27-21(28)15(4)31-24-25-13(2)12-14(3)26-24/h6-9,12,15H,5,10-11H2,1-4H3,(H,27,28). The molecule has 1 amide bonds. The maximum atomic E-state index is 13.0. The van der Waals surface area contributed by atoms with Gasteiger partial charge >= 0.3 is 5.97 Å². The number of hydrogen-bond acceptors (Lipinski definition) is 7. The minimum atomic E-state index is -0.433. The molecule has 0 fully saturated rings. The molecule has 1 aliphatic carbocycles. The van der Waals surface area contributed by atoms with Gasteiger partial charge in [0.2, 0.25) is 5.91 Å². The SMILES string of the molecule is CCOC(=O)c1c(NC(=O)C(C)Sc2nc(C)cc(C)n2)sc2c1CCc1ccccc1-2. The molecule has 1 aliphatic rings. The molecular formula is C24H25N3O3S2. The number of nitrogens with one attached hydrogen (secondary N) is 1. The number of aryl methyl sites for hydroxylation is 3. The van der Waals surface area contributed by atoms with E-state index < -0.39 is 11.2 Å². The van der Waals surface area contributed by atoms with E-state index in [1.54, 1.807) is 6.92 Å². The molecule has 1 aromatic carbocycles. The third-order valence-electron chi connectivity index (χ3n) is 5.24. The first-order valence-corrected chi connectivity index (χ1v) is 12.3. The number of anilines is 1. The van der Waals surface area contributed by atoms with Gasteiger partial charge in [0.1, 0.15) is 5.00 Å². The van der Waals surface area contributed by atoms with Crippen molar-refractivity contribution in [2.75, 3.05) is 11.9 Å². The van der Waals surface area contributed by atoms with Crippen molar-refractivity contribution in [1.82, 2.24) is 9.97 Å². The minimum absolute atomic E-state index is 0.199. The number of thiophene rings is 1. The summed E-state index contributed by atoms with van der Waals surface area (Å²) in [5.41, 5.74) is 5.54. The zero-order valence-electron chi connectivity index (χ0n) is 18.5. The molecule has 32 heavy (non-hydrogen) atoms. The molecule has 2 aromatic heterocycles. The van der Waals surface area contributed by atoms with Crippen LogP contribution in [0.5, 0.6) is 0 Å². The quantitative estimate of drug-likeness (QED) is 0.304. The van der Waals surface area contributed by atoms with Gasteiger partial charge in [-0.3, -0.25) is 4.79 Å². The van der Waals surface area contributed by atoms with Crippen molar-refractivity contribution in [3.8, 4) is 10.4 Å². The number of nitrogens with zero attached hydrogens (tertiary/aromatic N) is 2. The van der Waals surface area contributed by atoms with E-state index in [1.807, 2.05) is 39.0 Å². The summed E-state index contributed by atoms with van der Waals surface area (Å²) >= 11 is 2.74. The van der Waals surface area contributed by atoms with Gasteiger partial charge in [-0.2, -0.15) is 0 Å². The lowest BCUT2D eigenvalue weighted by Gasteiger charge is -2.16. The molecule has 0 saturated carbocycles. The smallest absolute Gasteiger partial charge is 0.341 e. The van der Waals surface area contributed by atoms with Gasteiger partial charge in [-0.25, -0.2) is 14.8 Å². The average Bonchev–Trinajstić information content (AvgIpc) is 3.11. The van der Waals surface area contributed by atoms with Crippen molar-refractivity contribution >= 4 is 40.0 Å². The zero-order valence-corrected chi connectivity index (χ0v) is 20.2. The van der Waals surface area contributed by atoms with Gasteiger partial charge in [0, 0.05) is 16.3 Å². The summed E-state index contributed by atoms with van der Waals surface area (Å²) in [6.07, 6.45) is 1.60. The average molecular weight is 468 g/mol. The lowest BCUT2D eigenvalue weighted by molar-refractivity contribution is -0.115. The Morgan fingerprint density at radius 1 is 1.19 bits per heavy atom. The van der Waals surface area contributed by atoms with Gasteiger partial charge < -0.3 is 10.1 Å². The van der Waals surface area contributed by atoms with Gasteiger partial charge in [-0.05, 0) is 63.3 Å². The van der Waals surface area contributed by atoms with E-state index in [9.17, 15) is 9.59 Å². The number of amides is 1. The number of thioether (sulfide) groups is 1. The van der Waals surface area contributed by atoms with Crippen molar-refractivity contribution in [3.05, 3.63) is 58.4 Å². The number of rotatable bonds is 6. The Balaban J connectivity index is 1.63. The molecule has 0 radical (unpaired) electrons. The van der Waals surface area contributed by atoms with Crippen molar-refractivity contribution in [1.29, 1.82) is 0 Å². The first-order chi connectivity index (χ1) is 15.4. The van der Waals surface area contributed by atoms with Gasteiger partial charge in [0.05, 0.1) is 17.4 Å². The number of aromatic nitrogens is 2. The van der Waals surface area contributed by atoms with Gasteiger partial charge in [-0.15, -0.1) is 11.3 Å². The molecule has 0 bridgehead atoms. The predicted molar refractivity (Wildman–Crippen MR) is 129 cm³/mol. The third kappa shape index (κ3) is 4.56. The lowest BCUT2D eigenvalue weighted by Crippen LogP contribution is -2.23. The number of carbonyl (C=O) groups excluding carboxylic acids is 2. The van der Waals surface area contributed by atoms with Crippen LogP contribution in [0, 0.1) is 13.8 Å². The summed E-state index contributed by atoms with van der Waals surface area (Å²) in [5, 5.41) is 3.67. The van der Waals surface area contributed by atoms with E-state index in [2.05, 4.69) is 27.4 Å². The van der Waals surface area contributed by atoms with E-state index in [0.29, 0.717) is 15.7 Å². The van der Waals surface area contributed by atoms with Crippen LogP contribution in [0.2, 0.25) is 0 Å². The van der Waals surface area contributed by atoms with Crippen LogP contribution in [-0.4, -0.2) is 33.7 Å². The first-order valence-electron chi connectivity index (χ1n) is 10.6. The monoisotopic (exact) mass is 467 g/mol. The highest BCUT2D eigenvalue weighted by molar-refractivity contribution is 8.00. The zero-order chi connectivity index (χ0) is 22.8. The largest absolute Gasteiger partial charge is 0.462 e. The Bertz CT molecular complexity index is 1170. The van der Waals surface area contributed by atoms with E-state index in [0.717, 1.165) is 40.2 Å². The maximum Gasteiger partial charge on any atom is 0.341 e. The summed E-state index contributed by atoms with van der Waals surface area (Å²) in [6.45, 7) is 7.69. The predicted octanol–water partition coefficient (Wildman–Crippen LogP) is 5.22. The Labute approximate surface area is 195 Å². The minimum Gasteiger partial charge on any atom is -0.462 e. The first kappa shape index (κ1) is 22.5. The van der Waals surface area contributed by atoms with Crippen molar-refractivity contribution in [2.45, 2.75) is 50.9 Å². The molecule has 2 heterocycles. The molecule has 1 unspecified atom stereocenters. The van der Waals surface area contributed by atoms with Crippen LogP contribution >= 0.6 is 23.1 Å². The summed E-state index contributed by atoms with van der Waals surface area (Å²) in [5.74, 6) is -0.590. The molecule has 0 saturated heterocycles. The van der Waals surface area contributed by atoms with Crippen LogP contribution < -0.4 is 5.32 Å². The maximum absolute atomic E-state index is 13.0. The molecule has 0 aliphatic heterocycles. The highest BCUT2D eigenvalue weighted by Crippen LogP contribution is 2.45. The van der Waals surface area contributed by atoms with Crippen LogP contribution in [0.25, 0.3) is 10.4 Å². The topological polar surface area (TPSA) is 81.2 Å². The molecule has 8 heteroatoms. The molecule has 1 N–H and O–H groups in total. The highest BCUT2D eigenvalue weighted by atomic mass is 32.2. The number of ether oxygens (including phenoxy) is 1. The van der Waals surface area contributed by atoms with Gasteiger partial charge in [-0.1, -0.05) is 36.0 Å². The number of hydrogen-bond donors (Lipinski definition) is 1. The highest BCUT2D eigenvalue weighted by Gasteiger charge is 2.30. The third-order valence-corrected chi connectivity index (χ3v) is 7.38. The summed E-state index contributed by atoms with van der Waals surface area (Å²) in [7, 11) is 0. The number of esters is 1. The molecule has 0 spiro atoms. The second kappa shape index (κ2) is 9.42. The normalized spacial score (nSPS) is 13.1. The van der Waals surface area contributed by atoms with Crippen LogP contribution in [0.1, 0.15) is 46.7 Å². The second-order valence-corrected chi connectivity index (χ2v) is 10.0. The number of carbonyl (C=O) groups is 2. The fourth-order valence-electron chi connectivity index (χ4n) is 3.82. The fourth-order valence-corrected chi connectivity index (χ4v) is 6.00. The molecule has 6 nitrogen and oxygen atoms in total. The van der Waals surface area contributed by atoms with Gasteiger partial charge in [0.15, 0.2) is 5.16 Å². The van der Waals surface area contributed by atoms with Crippen LogP contribution in [0.3, 0.4) is 0 Å². The van der Waals surface area contributed by atoms with Gasteiger partial charge in [0.25, 0.3) is 0 Å². The molecular weight excluding hydrogens is 442 g/mol. The van der Waals surface area contributed by atoms with Crippen LogP contribution in [0.4, 0.5) is 5.00 Å². The van der Waals surface area contributed by atoms with E-state index in [-0.39, 0.29) is 12.5 Å². The second-order valence-electron chi connectivity index (χ2n) is 7.67. The van der Waals surface area contributed by atoms with Crippen molar-refractivity contribution in [3.63, 3.8) is 0 Å². The molecule has 4 rings (SSSR count). The van der Waals surface area contributed by atoms with Crippen molar-refractivity contribution < 1.29 is 14.3 Å². The van der Waals surface area contributed by atoms with Crippen LogP contribution in [-0.2, 0) is 22.4 Å². The van der Waals surface area contributed by atoms with E-state index in [4.69, 9.17) is 4.74 Å². The molecule has 166 valence electrons. The molecule has 1 atom stereocenters. The van der Waals surface area contributed by atoms with Crippen molar-refractivity contribution in [2.24, 2.45) is 0 Å². The fraction of sp³-hybridized carbons (Fsp3) is 0.333. The Kier molecular flexibility index (Phi) is 6.62. The van der Waals surface area contributed by atoms with E-state index >= 15 is 0 Å². The summed E-state index contributed by atoms with van der Waals surface area (Å²) in [6, 6.07) is 10.1. The Hall–Kier alpha value is -2.71. The van der Waals surface area contributed by atoms with Crippen LogP contribution in [0.15, 0.2) is 35.5 Å². The summed E-state index contributed by atoms with van der Waals surface area (Å²) in [4.78, 5) is 35.7. The number of benzene rings is 1. The van der Waals surface area contributed by atoms with E-state index in [1.165, 1.54) is 28.7 Å². The number of fused-ring (bicyclic) bond motifs is 3. The Morgan fingerprint density at radius 3 is 2.62 bits per heavy atom.